The van der Waals surface area contributed by atoms with Crippen LogP contribution in [-0.4, -0.2) is 109 Å². The Kier molecular flexibility index (Phi) is 11.9. The van der Waals surface area contributed by atoms with Gasteiger partial charge in [0.15, 0.2) is 0 Å². The standard InChI is InChI=1S/C34H53N7O4/c1-24-20-29(38-32(21-24)45-19-18-39(5)6)35-28-11-16-41(17-12-28)33(43)8-13-34(3,4)26-22-30(37-31(23-26)44-7)36-27-9-14-40(15-10-27)25(2)42/h20-23,27-28H,8-19H2,1-7H3,(H,35,38)(H,36,37). The second kappa shape index (κ2) is 15.6. The van der Waals surface area contributed by atoms with Crippen LogP contribution in [0.5, 0.6) is 11.8 Å². The van der Waals surface area contributed by atoms with Gasteiger partial charge in [0.25, 0.3) is 0 Å². The summed E-state index contributed by atoms with van der Waals surface area (Å²) in [7, 11) is 5.67. The molecule has 2 saturated heterocycles. The van der Waals surface area contributed by atoms with Crippen LogP contribution in [0.15, 0.2) is 24.3 Å². The maximum absolute atomic E-state index is 13.3. The van der Waals surface area contributed by atoms with Gasteiger partial charge < -0.3 is 34.8 Å². The molecule has 2 aromatic heterocycles. The SMILES string of the molecule is COc1cc(C(C)(C)CCC(=O)N2CCC(Nc3cc(C)cc(OCCN(C)C)n3)CC2)cc(NC2CCN(C(C)=O)CC2)n1. The largest absolute Gasteiger partial charge is 0.481 e. The van der Waals surface area contributed by atoms with Gasteiger partial charge in [-0.05, 0) is 81.8 Å². The fourth-order valence-electron chi connectivity index (χ4n) is 5.94. The minimum atomic E-state index is -0.247. The highest BCUT2D eigenvalue weighted by Crippen LogP contribution is 2.33. The molecule has 11 nitrogen and oxygen atoms in total. The Hall–Kier alpha value is -3.60. The molecule has 0 atom stereocenters. The number of likely N-dealkylation sites (tertiary alicyclic amines) is 2. The number of aromatic nitrogens is 2. The predicted molar refractivity (Wildman–Crippen MR) is 178 cm³/mol. The number of nitrogens with zero attached hydrogens (tertiary/aromatic N) is 5. The zero-order chi connectivity index (χ0) is 32.6. The molecule has 0 radical (unpaired) electrons. The average molecular weight is 624 g/mol. The van der Waals surface area contributed by atoms with Crippen LogP contribution in [0, 0.1) is 6.92 Å². The number of anilines is 2. The lowest BCUT2D eigenvalue weighted by Crippen LogP contribution is -2.42. The van der Waals surface area contributed by atoms with Gasteiger partial charge in [-0.1, -0.05) is 13.8 Å². The fourth-order valence-corrected chi connectivity index (χ4v) is 5.94. The van der Waals surface area contributed by atoms with E-state index in [9.17, 15) is 9.59 Å². The van der Waals surface area contributed by atoms with E-state index < -0.39 is 0 Å². The van der Waals surface area contributed by atoms with Crippen molar-refractivity contribution in [1.29, 1.82) is 0 Å². The number of amides is 2. The van der Waals surface area contributed by atoms with Crippen LogP contribution in [-0.2, 0) is 15.0 Å². The van der Waals surface area contributed by atoms with E-state index >= 15 is 0 Å². The monoisotopic (exact) mass is 623 g/mol. The van der Waals surface area contributed by atoms with Crippen molar-refractivity contribution in [3.63, 3.8) is 0 Å². The van der Waals surface area contributed by atoms with Crippen molar-refractivity contribution < 1.29 is 19.1 Å². The highest BCUT2D eigenvalue weighted by molar-refractivity contribution is 5.76. The zero-order valence-electron chi connectivity index (χ0n) is 28.3. The van der Waals surface area contributed by atoms with Crippen molar-refractivity contribution in [3.05, 3.63) is 35.4 Å². The number of ether oxygens (including phenoxy) is 2. The smallest absolute Gasteiger partial charge is 0.222 e. The van der Waals surface area contributed by atoms with Gasteiger partial charge in [0.2, 0.25) is 23.6 Å². The molecule has 2 amide bonds. The fraction of sp³-hybridized carbons (Fsp3) is 0.647. The maximum Gasteiger partial charge on any atom is 0.222 e. The molecule has 0 aromatic carbocycles. The Labute approximate surface area is 269 Å². The number of nitrogens with one attached hydrogen (secondary N) is 2. The summed E-state index contributed by atoms with van der Waals surface area (Å²) < 4.78 is 11.4. The minimum Gasteiger partial charge on any atom is -0.481 e. The molecule has 0 unspecified atom stereocenters. The quantitative estimate of drug-likeness (QED) is 0.337. The molecule has 0 spiro atoms. The van der Waals surface area contributed by atoms with Crippen LogP contribution < -0.4 is 20.1 Å². The minimum absolute atomic E-state index is 0.128. The van der Waals surface area contributed by atoms with E-state index in [-0.39, 0.29) is 29.3 Å². The van der Waals surface area contributed by atoms with Gasteiger partial charge in [-0.3, -0.25) is 9.59 Å². The molecule has 4 rings (SSSR count). The summed E-state index contributed by atoms with van der Waals surface area (Å²) in [5.74, 6) is 3.12. The molecule has 11 heteroatoms. The summed E-state index contributed by atoms with van der Waals surface area (Å²) in [5, 5.41) is 7.13. The average Bonchev–Trinajstić information content (AvgIpc) is 3.00. The molecule has 2 aliphatic heterocycles. The first kappa shape index (κ1) is 34.3. The van der Waals surface area contributed by atoms with Crippen molar-refractivity contribution in [1.82, 2.24) is 24.7 Å². The molecule has 248 valence electrons. The molecule has 0 bridgehead atoms. The number of likely N-dealkylation sites (N-methyl/N-ethyl adjacent to an activating group) is 1. The molecule has 2 fully saturated rings. The van der Waals surface area contributed by atoms with Crippen molar-refractivity contribution in [3.8, 4) is 11.8 Å². The van der Waals surface area contributed by atoms with Gasteiger partial charge in [0.05, 0.1) is 7.11 Å². The number of hydrogen-bond acceptors (Lipinski definition) is 9. The molecule has 2 aromatic rings. The van der Waals surface area contributed by atoms with Crippen LogP contribution in [0.4, 0.5) is 11.6 Å². The number of carbonyl (C=O) groups is 2. The van der Waals surface area contributed by atoms with Gasteiger partial charge >= 0.3 is 0 Å². The maximum atomic E-state index is 13.3. The van der Waals surface area contributed by atoms with E-state index in [2.05, 4.69) is 52.3 Å². The second-order valence-electron chi connectivity index (χ2n) is 13.4. The van der Waals surface area contributed by atoms with Crippen molar-refractivity contribution in [2.75, 3.05) is 71.2 Å². The predicted octanol–water partition coefficient (Wildman–Crippen LogP) is 4.32. The van der Waals surface area contributed by atoms with Gasteiger partial charge in [-0.2, -0.15) is 9.97 Å². The molecule has 0 saturated carbocycles. The van der Waals surface area contributed by atoms with Crippen LogP contribution in [0.2, 0.25) is 0 Å². The van der Waals surface area contributed by atoms with E-state index in [4.69, 9.17) is 9.47 Å². The topological polar surface area (TPSA) is 112 Å². The Bertz CT molecular complexity index is 1290. The Morgan fingerprint density at radius 1 is 0.911 bits per heavy atom. The highest BCUT2D eigenvalue weighted by Gasteiger charge is 2.28. The van der Waals surface area contributed by atoms with Crippen molar-refractivity contribution in [2.45, 2.75) is 83.7 Å². The summed E-state index contributed by atoms with van der Waals surface area (Å²) in [6.45, 7) is 12.4. The van der Waals surface area contributed by atoms with Crippen LogP contribution in [0.1, 0.15) is 70.4 Å². The first-order chi connectivity index (χ1) is 21.4. The molecular formula is C34H53N7O4. The first-order valence-corrected chi connectivity index (χ1v) is 16.3. The summed E-state index contributed by atoms with van der Waals surface area (Å²) in [4.78, 5) is 40.3. The van der Waals surface area contributed by atoms with E-state index in [1.54, 1.807) is 14.0 Å². The first-order valence-electron chi connectivity index (χ1n) is 16.3. The Morgan fingerprint density at radius 3 is 2.07 bits per heavy atom. The number of aryl methyl sites for hydroxylation is 1. The molecule has 0 aliphatic carbocycles. The molecule has 2 N–H and O–H groups in total. The number of hydrogen-bond donors (Lipinski definition) is 2. The van der Waals surface area contributed by atoms with E-state index in [0.717, 1.165) is 87.6 Å². The third-order valence-corrected chi connectivity index (χ3v) is 8.98. The zero-order valence-corrected chi connectivity index (χ0v) is 28.3. The van der Waals surface area contributed by atoms with E-state index in [1.165, 1.54) is 0 Å². The second-order valence-corrected chi connectivity index (χ2v) is 13.4. The molecule has 45 heavy (non-hydrogen) atoms. The van der Waals surface area contributed by atoms with Gasteiger partial charge in [-0.25, -0.2) is 0 Å². The lowest BCUT2D eigenvalue weighted by Gasteiger charge is -2.34. The van der Waals surface area contributed by atoms with Crippen molar-refractivity contribution in [2.24, 2.45) is 0 Å². The Morgan fingerprint density at radius 2 is 1.49 bits per heavy atom. The lowest BCUT2D eigenvalue weighted by atomic mass is 9.80. The van der Waals surface area contributed by atoms with Crippen molar-refractivity contribution >= 4 is 23.5 Å². The number of rotatable bonds is 13. The van der Waals surface area contributed by atoms with E-state index in [1.807, 2.05) is 42.1 Å². The summed E-state index contributed by atoms with van der Waals surface area (Å²) in [5.41, 5.74) is 1.94. The van der Waals surface area contributed by atoms with Gasteiger partial charge in [-0.15, -0.1) is 0 Å². The number of pyridine rings is 2. The third kappa shape index (κ3) is 10.2. The number of methoxy groups -OCH3 is 1. The number of carbonyl (C=O) groups excluding carboxylic acids is 2. The highest BCUT2D eigenvalue weighted by atomic mass is 16.5. The van der Waals surface area contributed by atoms with Gasteiger partial charge in [0, 0.05) is 70.3 Å². The van der Waals surface area contributed by atoms with Crippen LogP contribution in [0.25, 0.3) is 0 Å². The number of piperidine rings is 2. The molecular weight excluding hydrogens is 570 g/mol. The van der Waals surface area contributed by atoms with Gasteiger partial charge in [0.1, 0.15) is 18.2 Å². The Balaban J connectivity index is 1.27. The van der Waals surface area contributed by atoms with Crippen LogP contribution in [0.3, 0.4) is 0 Å². The van der Waals surface area contributed by atoms with E-state index in [0.29, 0.717) is 24.8 Å². The molecule has 4 heterocycles. The molecule has 2 aliphatic rings. The van der Waals surface area contributed by atoms with Crippen LogP contribution >= 0.6 is 0 Å². The summed E-state index contributed by atoms with van der Waals surface area (Å²) in [6.07, 6.45) is 4.72. The lowest BCUT2D eigenvalue weighted by molar-refractivity contribution is -0.132. The third-order valence-electron chi connectivity index (χ3n) is 8.98. The normalized spacial score (nSPS) is 16.5. The summed E-state index contributed by atoms with van der Waals surface area (Å²) in [6, 6.07) is 8.58. The summed E-state index contributed by atoms with van der Waals surface area (Å²) >= 11 is 0.